The molecule has 5 rings (SSSR count). The van der Waals surface area contributed by atoms with Crippen LogP contribution >= 0.6 is 0 Å². The van der Waals surface area contributed by atoms with E-state index in [9.17, 15) is 9.59 Å². The van der Waals surface area contributed by atoms with Crippen LogP contribution < -0.4 is 18.9 Å². The second-order valence-corrected chi connectivity index (χ2v) is 15.0. The molecule has 10 heteroatoms. The number of carbonyl (C=O) groups excluding carboxylic acids is 2. The molecule has 2 aliphatic rings. The second-order valence-electron chi connectivity index (χ2n) is 15.0. The molecular formula is C43H56O10. The van der Waals surface area contributed by atoms with E-state index < -0.39 is 11.9 Å². The van der Waals surface area contributed by atoms with Gasteiger partial charge in [-0.05, 0) is 118 Å². The van der Waals surface area contributed by atoms with Gasteiger partial charge in [0, 0.05) is 24.0 Å². The minimum atomic E-state index is -0.487. The fraction of sp³-hybridized carbons (Fsp3) is 0.535. The first-order valence-electron chi connectivity index (χ1n) is 19.0. The van der Waals surface area contributed by atoms with Gasteiger partial charge >= 0.3 is 11.9 Å². The summed E-state index contributed by atoms with van der Waals surface area (Å²) < 4.78 is 45.0. The van der Waals surface area contributed by atoms with Gasteiger partial charge in [-0.3, -0.25) is 0 Å². The minimum absolute atomic E-state index is 0.205. The van der Waals surface area contributed by atoms with E-state index in [1.165, 1.54) is 0 Å². The van der Waals surface area contributed by atoms with Gasteiger partial charge in [0.25, 0.3) is 0 Å². The quantitative estimate of drug-likeness (QED) is 0.0506. The first-order valence-corrected chi connectivity index (χ1v) is 19.0. The number of rotatable bonds is 24. The summed E-state index contributed by atoms with van der Waals surface area (Å²) in [5.74, 6) is 1.18. The summed E-state index contributed by atoms with van der Waals surface area (Å²) in [7, 11) is 0. The van der Waals surface area contributed by atoms with Crippen molar-refractivity contribution in [3.63, 3.8) is 0 Å². The van der Waals surface area contributed by atoms with Crippen molar-refractivity contribution in [2.24, 2.45) is 10.8 Å². The van der Waals surface area contributed by atoms with Crippen LogP contribution in [0.3, 0.4) is 0 Å². The standard InChI is InChI=1S/C43H56O10/c1-33-26-38(52-40(44)34-12-16-36(17-13-34)50-24-10-6-4-8-22-46-27-42(2)29-48-30-42)20-21-39(33)53-41(45)35-14-18-37(19-15-35)51-25-11-7-5-9-23-47-28-43(3)31-49-32-43/h12-21,26H,4-11,22-25,27-32H2,1-3H3. The molecule has 2 aliphatic heterocycles. The number of benzene rings is 3. The van der Waals surface area contributed by atoms with Crippen molar-refractivity contribution < 1.29 is 47.5 Å². The molecule has 0 N–H and O–H groups in total. The van der Waals surface area contributed by atoms with E-state index in [4.69, 9.17) is 37.9 Å². The Morgan fingerprint density at radius 3 is 1.38 bits per heavy atom. The first-order chi connectivity index (χ1) is 25.7. The highest BCUT2D eigenvalue weighted by atomic mass is 16.5. The van der Waals surface area contributed by atoms with Gasteiger partial charge in [-0.15, -0.1) is 0 Å². The molecule has 10 nitrogen and oxygen atoms in total. The molecule has 2 saturated heterocycles. The number of hydrogen-bond acceptors (Lipinski definition) is 10. The van der Waals surface area contributed by atoms with Crippen LogP contribution in [-0.2, 0) is 18.9 Å². The van der Waals surface area contributed by atoms with Crippen molar-refractivity contribution in [2.45, 2.75) is 72.1 Å². The van der Waals surface area contributed by atoms with Crippen molar-refractivity contribution in [1.82, 2.24) is 0 Å². The maximum absolute atomic E-state index is 12.8. The van der Waals surface area contributed by atoms with Crippen molar-refractivity contribution >= 4 is 11.9 Å². The van der Waals surface area contributed by atoms with Crippen LogP contribution in [0, 0.1) is 17.8 Å². The molecule has 288 valence electrons. The van der Waals surface area contributed by atoms with Gasteiger partial charge in [-0.25, -0.2) is 9.59 Å². The van der Waals surface area contributed by atoms with E-state index in [1.807, 2.05) is 0 Å². The molecule has 0 spiro atoms. The van der Waals surface area contributed by atoms with E-state index >= 15 is 0 Å². The highest BCUT2D eigenvalue weighted by Crippen LogP contribution is 2.28. The van der Waals surface area contributed by atoms with Crippen LogP contribution in [0.2, 0.25) is 0 Å². The molecular weight excluding hydrogens is 676 g/mol. The van der Waals surface area contributed by atoms with E-state index in [0.29, 0.717) is 52.9 Å². The Morgan fingerprint density at radius 1 is 0.547 bits per heavy atom. The average Bonchev–Trinajstić information content (AvgIpc) is 3.13. The Labute approximate surface area is 314 Å². The molecule has 0 radical (unpaired) electrons. The highest BCUT2D eigenvalue weighted by molar-refractivity contribution is 5.92. The van der Waals surface area contributed by atoms with Crippen LogP contribution in [0.25, 0.3) is 0 Å². The number of ether oxygens (including phenoxy) is 8. The average molecular weight is 733 g/mol. The fourth-order valence-electron chi connectivity index (χ4n) is 5.90. The Morgan fingerprint density at radius 2 is 0.962 bits per heavy atom. The van der Waals surface area contributed by atoms with Crippen molar-refractivity contribution in [3.05, 3.63) is 83.4 Å². The summed E-state index contributed by atoms with van der Waals surface area (Å²) in [5, 5.41) is 0. The van der Waals surface area contributed by atoms with Crippen LogP contribution in [-0.4, -0.2) is 78.0 Å². The van der Waals surface area contributed by atoms with Crippen molar-refractivity contribution in [1.29, 1.82) is 0 Å². The molecule has 2 fully saturated rings. The maximum atomic E-state index is 12.8. The predicted molar refractivity (Wildman–Crippen MR) is 201 cm³/mol. The Bertz CT molecular complexity index is 1560. The number of hydrogen-bond donors (Lipinski definition) is 0. The largest absolute Gasteiger partial charge is 0.494 e. The molecule has 0 saturated carbocycles. The molecule has 3 aromatic rings. The van der Waals surface area contributed by atoms with Gasteiger partial charge in [0.1, 0.15) is 23.0 Å². The second kappa shape index (κ2) is 20.5. The molecule has 0 amide bonds. The number of esters is 2. The first kappa shape index (κ1) is 40.2. The van der Waals surface area contributed by atoms with E-state index in [0.717, 1.165) is 104 Å². The molecule has 0 aromatic heterocycles. The smallest absolute Gasteiger partial charge is 0.343 e. The molecule has 2 heterocycles. The summed E-state index contributed by atoms with van der Waals surface area (Å²) in [4.78, 5) is 25.6. The monoisotopic (exact) mass is 732 g/mol. The third kappa shape index (κ3) is 13.4. The third-order valence-corrected chi connectivity index (χ3v) is 9.35. The molecule has 0 bridgehead atoms. The third-order valence-electron chi connectivity index (χ3n) is 9.35. The van der Waals surface area contributed by atoms with Gasteiger partial charge in [0.15, 0.2) is 0 Å². The Hall–Kier alpha value is -3.96. The lowest BCUT2D eigenvalue weighted by Crippen LogP contribution is -2.43. The summed E-state index contributed by atoms with van der Waals surface area (Å²) in [6.45, 7) is 13.7. The van der Waals surface area contributed by atoms with Crippen LogP contribution in [0.5, 0.6) is 23.0 Å². The SMILES string of the molecule is Cc1cc(OC(=O)c2ccc(OCCCCCCOCC3(C)COC3)cc2)ccc1OC(=O)c1ccc(OCCCCCCOCC2(C)COC2)cc1. The molecule has 0 atom stereocenters. The lowest BCUT2D eigenvalue weighted by molar-refractivity contribution is -0.138. The zero-order valence-electron chi connectivity index (χ0n) is 31.7. The van der Waals surface area contributed by atoms with E-state index in [1.54, 1.807) is 73.7 Å². The summed E-state index contributed by atoms with van der Waals surface area (Å²) >= 11 is 0. The number of unbranched alkanes of at least 4 members (excludes halogenated alkanes) is 6. The van der Waals surface area contributed by atoms with Crippen LogP contribution in [0.15, 0.2) is 66.7 Å². The van der Waals surface area contributed by atoms with E-state index in [2.05, 4.69) is 13.8 Å². The Balaban J connectivity index is 0.929. The minimum Gasteiger partial charge on any atom is -0.494 e. The lowest BCUT2D eigenvalue weighted by Gasteiger charge is -2.37. The number of carbonyl (C=O) groups is 2. The fourth-order valence-corrected chi connectivity index (χ4v) is 5.90. The zero-order chi connectivity index (χ0) is 37.4. The van der Waals surface area contributed by atoms with Gasteiger partial charge in [0.2, 0.25) is 0 Å². The van der Waals surface area contributed by atoms with Crippen molar-refractivity contribution in [2.75, 3.05) is 66.1 Å². The summed E-state index contributed by atoms with van der Waals surface area (Å²) in [5.41, 5.74) is 1.89. The van der Waals surface area contributed by atoms with Gasteiger partial charge in [0.05, 0.1) is 64.0 Å². The van der Waals surface area contributed by atoms with Crippen molar-refractivity contribution in [3.8, 4) is 23.0 Å². The molecule has 0 unspecified atom stereocenters. The molecule has 53 heavy (non-hydrogen) atoms. The lowest BCUT2D eigenvalue weighted by atomic mass is 9.90. The summed E-state index contributed by atoms with van der Waals surface area (Å²) in [6.07, 6.45) is 8.34. The maximum Gasteiger partial charge on any atom is 0.343 e. The van der Waals surface area contributed by atoms with E-state index in [-0.39, 0.29) is 10.8 Å². The van der Waals surface area contributed by atoms with Gasteiger partial charge in [-0.2, -0.15) is 0 Å². The van der Waals surface area contributed by atoms with Crippen LogP contribution in [0.4, 0.5) is 0 Å². The number of aryl methyl sites for hydroxylation is 1. The Kier molecular flexibility index (Phi) is 15.5. The normalized spacial score (nSPS) is 15.5. The van der Waals surface area contributed by atoms with Gasteiger partial charge in [-0.1, -0.05) is 26.7 Å². The van der Waals surface area contributed by atoms with Gasteiger partial charge < -0.3 is 37.9 Å². The highest BCUT2D eigenvalue weighted by Gasteiger charge is 2.34. The predicted octanol–water partition coefficient (Wildman–Crippen LogP) is 8.42. The van der Waals surface area contributed by atoms with Crippen LogP contribution in [0.1, 0.15) is 91.5 Å². The zero-order valence-corrected chi connectivity index (χ0v) is 31.7. The summed E-state index contributed by atoms with van der Waals surface area (Å²) in [6, 6.07) is 18.8. The molecule has 0 aliphatic carbocycles. The topological polar surface area (TPSA) is 108 Å². The molecule has 3 aromatic carbocycles.